The number of aliphatic carboxylic acids is 1. The Morgan fingerprint density at radius 1 is 0.948 bits per heavy atom. The summed E-state index contributed by atoms with van der Waals surface area (Å²) in [6.45, 7) is 26.0. The third-order valence-corrected chi connectivity index (χ3v) is 20.9. The maximum Gasteiger partial charge on any atom is 0.313 e. The van der Waals surface area contributed by atoms with E-state index in [1.807, 2.05) is 12.1 Å². The van der Waals surface area contributed by atoms with Crippen molar-refractivity contribution in [3.63, 3.8) is 0 Å². The van der Waals surface area contributed by atoms with Crippen molar-refractivity contribution < 1.29 is 23.1 Å². The zero-order valence-electron chi connectivity index (χ0n) is 36.8. The average Bonchev–Trinajstić information content (AvgIpc) is 3.57. The first-order valence-corrected chi connectivity index (χ1v) is 24.6. The molecule has 320 valence electrons. The van der Waals surface area contributed by atoms with Crippen molar-refractivity contribution in [2.45, 2.75) is 131 Å². The molecule has 5 fully saturated rings. The number of allylic oxidation sites excluding steroid dienone is 5. The molecule has 1 unspecified atom stereocenters. The van der Waals surface area contributed by atoms with Crippen LogP contribution in [0.2, 0.25) is 0 Å². The fraction of sp³-hybridized carbons (Fsp3) is 0.755. The van der Waals surface area contributed by atoms with Crippen molar-refractivity contribution in [3.8, 4) is 5.75 Å². The summed E-state index contributed by atoms with van der Waals surface area (Å²) in [5.41, 5.74) is 4.14. The summed E-state index contributed by atoms with van der Waals surface area (Å²) in [5, 5.41) is 14.7. The first-order chi connectivity index (χ1) is 27.3. The largest absolute Gasteiger partial charge is 0.491 e. The van der Waals surface area contributed by atoms with Gasteiger partial charge in [0, 0.05) is 37.9 Å². The van der Waals surface area contributed by atoms with Gasteiger partial charge < -0.3 is 20.1 Å². The van der Waals surface area contributed by atoms with Crippen molar-refractivity contribution >= 4 is 15.8 Å². The molecule has 0 amide bonds. The van der Waals surface area contributed by atoms with Gasteiger partial charge in [-0.25, -0.2) is 8.42 Å². The fourth-order valence-corrected chi connectivity index (χ4v) is 17.1. The summed E-state index contributed by atoms with van der Waals surface area (Å²) in [6.07, 6.45) is 21.0. The Balaban J connectivity index is 1.03. The highest BCUT2D eigenvalue weighted by atomic mass is 32.2. The number of pyridine rings is 1. The Morgan fingerprint density at radius 2 is 1.67 bits per heavy atom. The molecule has 1 aliphatic heterocycles. The number of fused-ring (bicyclic) bond motifs is 7. The van der Waals surface area contributed by atoms with Crippen molar-refractivity contribution in [1.82, 2.24) is 15.2 Å². The fourth-order valence-electron chi connectivity index (χ4n) is 15.8. The summed E-state index contributed by atoms with van der Waals surface area (Å²) in [7, 11) is -2.88. The first-order valence-electron chi connectivity index (χ1n) is 22.8. The molecule has 10 atom stereocenters. The number of hydrogen-bond donors (Lipinski definition) is 2. The molecule has 4 saturated carbocycles. The molecule has 8 rings (SSSR count). The Kier molecular flexibility index (Phi) is 10.6. The number of nitrogens with one attached hydrogen (secondary N) is 1. The summed E-state index contributed by atoms with van der Waals surface area (Å²) in [4.78, 5) is 19.2. The molecule has 6 aliphatic carbocycles. The van der Waals surface area contributed by atoms with Gasteiger partial charge in [0.2, 0.25) is 0 Å². The number of carboxylic acids is 1. The van der Waals surface area contributed by atoms with Gasteiger partial charge >= 0.3 is 5.97 Å². The number of rotatable bonds is 10. The van der Waals surface area contributed by atoms with Crippen LogP contribution in [0.1, 0.15) is 126 Å². The second kappa shape index (κ2) is 14.6. The van der Waals surface area contributed by atoms with Gasteiger partial charge in [-0.05, 0) is 158 Å². The van der Waals surface area contributed by atoms with E-state index in [9.17, 15) is 18.3 Å². The monoisotopic (exact) mass is 816 g/mol. The number of aromatic nitrogens is 1. The van der Waals surface area contributed by atoms with E-state index in [0.29, 0.717) is 55.4 Å². The molecule has 9 heteroatoms. The van der Waals surface area contributed by atoms with E-state index in [4.69, 9.17) is 4.74 Å². The molecule has 1 aromatic rings. The van der Waals surface area contributed by atoms with Gasteiger partial charge in [0.1, 0.15) is 17.8 Å². The Hall–Kier alpha value is -2.49. The van der Waals surface area contributed by atoms with Crippen LogP contribution in [-0.4, -0.2) is 79.2 Å². The van der Waals surface area contributed by atoms with Crippen LogP contribution in [0.4, 0.5) is 0 Å². The van der Waals surface area contributed by atoms with Gasteiger partial charge in [-0.2, -0.15) is 0 Å². The third kappa shape index (κ3) is 6.43. The lowest BCUT2D eigenvalue weighted by atomic mass is 9.29. The predicted molar refractivity (Wildman–Crippen MR) is 232 cm³/mol. The first kappa shape index (κ1) is 42.2. The SMILES string of the molecule is C=C(C)[C@@H]1CC[C@]2(NCCN3CCS(=O)(=O)CC3)CC[C@@]3(C)[C@]4(C)CC[C@H]5C(C)(C)C(C6=CCC(COc7cccnc7)(C(=O)O)CC6)=CC[C@]5(C)[C@H]4CC[C@]3(C)[C@@H]12. The van der Waals surface area contributed by atoms with Crippen LogP contribution in [0.15, 0.2) is 60.0 Å². The lowest BCUT2D eigenvalue weighted by Crippen LogP contribution is -2.71. The van der Waals surface area contributed by atoms with Gasteiger partial charge in [0.05, 0.1) is 17.7 Å². The molecule has 58 heavy (non-hydrogen) atoms. The predicted octanol–water partition coefficient (Wildman–Crippen LogP) is 9.30. The minimum absolute atomic E-state index is 0.00205. The average molecular weight is 816 g/mol. The second-order valence-corrected chi connectivity index (χ2v) is 24.2. The van der Waals surface area contributed by atoms with Crippen molar-refractivity contribution in [1.29, 1.82) is 0 Å². The van der Waals surface area contributed by atoms with Crippen LogP contribution in [-0.2, 0) is 14.6 Å². The lowest BCUT2D eigenvalue weighted by Gasteiger charge is -2.76. The number of carbonyl (C=O) groups is 1. The highest BCUT2D eigenvalue weighted by molar-refractivity contribution is 7.91. The molecule has 0 aromatic carbocycles. The molecule has 8 nitrogen and oxygen atoms in total. The smallest absolute Gasteiger partial charge is 0.313 e. The van der Waals surface area contributed by atoms with E-state index < -0.39 is 21.2 Å². The molecule has 0 bridgehead atoms. The summed E-state index contributed by atoms with van der Waals surface area (Å²) >= 11 is 0. The highest BCUT2D eigenvalue weighted by Crippen LogP contribution is 2.80. The van der Waals surface area contributed by atoms with Gasteiger partial charge in [-0.15, -0.1) is 0 Å². The number of carboxylic acid groups (broad SMARTS) is 1. The minimum Gasteiger partial charge on any atom is -0.491 e. The molecule has 0 radical (unpaired) electrons. The van der Waals surface area contributed by atoms with Crippen molar-refractivity contribution in [2.24, 2.45) is 56.2 Å². The number of nitrogens with zero attached hydrogens (tertiary/aromatic N) is 2. The van der Waals surface area contributed by atoms with Gasteiger partial charge in [0.15, 0.2) is 9.84 Å². The maximum atomic E-state index is 12.7. The van der Waals surface area contributed by atoms with Gasteiger partial charge in [-0.1, -0.05) is 65.8 Å². The van der Waals surface area contributed by atoms with E-state index in [0.717, 1.165) is 25.9 Å². The number of ether oxygens (including phenoxy) is 1. The van der Waals surface area contributed by atoms with Gasteiger partial charge in [0.25, 0.3) is 0 Å². The molecule has 2 heterocycles. The van der Waals surface area contributed by atoms with Crippen molar-refractivity contribution in [2.75, 3.05) is 44.3 Å². The molecular formula is C49H73N3O5S. The van der Waals surface area contributed by atoms with Crippen molar-refractivity contribution in [3.05, 3.63) is 60.0 Å². The zero-order chi connectivity index (χ0) is 41.6. The van der Waals surface area contributed by atoms with Crippen LogP contribution in [0.25, 0.3) is 0 Å². The van der Waals surface area contributed by atoms with E-state index in [-0.39, 0.29) is 50.7 Å². The standard InChI is InChI=1S/C49H73N3O5S/c1-34(2)37-13-22-49(51-26-27-52-28-30-58(55,56)31-29-52)24-23-47(8)45(6)18-15-39-43(3,4)38(14-17-44(39,5)40(45)16-19-46(47,7)41(37)49)35-11-20-48(21-12-35,42(53)54)33-57-36-10-9-25-50-32-36/h9-11,14,25,32,37,39-41,51H,1,12-13,15-24,26-31,33H2,2-8H3,(H,53,54)/t37-,39-,40+,41+,44-,45+,46+,47-,48?,49-/m0/s1. The molecule has 7 aliphatic rings. The van der Waals surface area contributed by atoms with Crippen LogP contribution < -0.4 is 10.1 Å². The van der Waals surface area contributed by atoms with E-state index in [1.165, 1.54) is 68.1 Å². The normalized spacial score (nSPS) is 43.1. The molecular weight excluding hydrogens is 743 g/mol. The number of hydrogen-bond acceptors (Lipinski definition) is 7. The van der Waals surface area contributed by atoms with E-state index >= 15 is 0 Å². The second-order valence-electron chi connectivity index (χ2n) is 21.9. The summed E-state index contributed by atoms with van der Waals surface area (Å²) in [6, 6.07) is 3.66. The van der Waals surface area contributed by atoms with Crippen LogP contribution >= 0.6 is 0 Å². The topological polar surface area (TPSA) is 109 Å². The summed E-state index contributed by atoms with van der Waals surface area (Å²) < 4.78 is 30.2. The summed E-state index contributed by atoms with van der Waals surface area (Å²) in [5.74, 6) is 2.68. The maximum absolute atomic E-state index is 12.7. The van der Waals surface area contributed by atoms with Crippen LogP contribution in [0.3, 0.4) is 0 Å². The quantitative estimate of drug-likeness (QED) is 0.225. The Morgan fingerprint density at radius 3 is 2.33 bits per heavy atom. The van der Waals surface area contributed by atoms with Crippen LogP contribution in [0, 0.1) is 56.2 Å². The minimum atomic E-state index is -2.88. The molecule has 1 aromatic heterocycles. The van der Waals surface area contributed by atoms with E-state index in [2.05, 4.69) is 82.4 Å². The number of sulfone groups is 1. The van der Waals surface area contributed by atoms with Crippen LogP contribution in [0.5, 0.6) is 5.75 Å². The zero-order valence-corrected chi connectivity index (χ0v) is 37.6. The Labute approximate surface area is 350 Å². The molecule has 1 saturated heterocycles. The lowest BCUT2D eigenvalue weighted by molar-refractivity contribution is -0.257. The third-order valence-electron chi connectivity index (χ3n) is 19.3. The molecule has 2 N–H and O–H groups in total. The molecule has 0 spiro atoms. The Bertz CT molecular complexity index is 1950. The van der Waals surface area contributed by atoms with Gasteiger partial charge in [-0.3, -0.25) is 9.78 Å². The highest BCUT2D eigenvalue weighted by Gasteiger charge is 2.74. The van der Waals surface area contributed by atoms with E-state index in [1.54, 1.807) is 12.4 Å².